The third-order valence-electron chi connectivity index (χ3n) is 4.61. The molecule has 1 N–H and O–H groups in total. The Bertz CT molecular complexity index is 1130. The summed E-state index contributed by atoms with van der Waals surface area (Å²) in [5.41, 5.74) is 4.21. The van der Waals surface area contributed by atoms with Crippen molar-refractivity contribution >= 4 is 38.9 Å². The molecule has 0 unspecified atom stereocenters. The lowest BCUT2D eigenvalue weighted by molar-refractivity contribution is -0.578. The van der Waals surface area contributed by atoms with Crippen molar-refractivity contribution in [1.82, 2.24) is 0 Å². The number of ketones is 2. The van der Waals surface area contributed by atoms with Crippen LogP contribution in [0.5, 0.6) is 0 Å². The molecular weight excluding hydrogens is 543 g/mol. The van der Waals surface area contributed by atoms with Crippen LogP contribution >= 0.6 is 15.9 Å². The van der Waals surface area contributed by atoms with Crippen molar-refractivity contribution in [3.8, 4) is 0 Å². The van der Waals surface area contributed by atoms with Crippen LogP contribution in [0.2, 0.25) is 0 Å². The van der Waals surface area contributed by atoms with Crippen LogP contribution in [0.1, 0.15) is 31.8 Å². The molecule has 0 spiro atoms. The number of hydrogen-bond acceptors (Lipinski definition) is 3. The van der Waals surface area contributed by atoms with Gasteiger partial charge in [-0.15, -0.1) is 0 Å². The number of aromatic nitrogens is 1. The summed E-state index contributed by atoms with van der Waals surface area (Å²) >= 11 is 3.41. The Hall–Kier alpha value is -2.32. The lowest BCUT2D eigenvalue weighted by atomic mass is 9.90. The van der Waals surface area contributed by atoms with Crippen molar-refractivity contribution in [3.05, 3.63) is 99.4 Å². The van der Waals surface area contributed by atoms with Crippen LogP contribution < -0.4 is 33.9 Å². The minimum atomic E-state index is -0.195. The second kappa shape index (κ2) is 8.59. The van der Waals surface area contributed by atoms with Gasteiger partial charge in [-0.25, -0.2) is 0 Å². The van der Waals surface area contributed by atoms with Gasteiger partial charge in [0.05, 0.1) is 0 Å². The minimum absolute atomic E-state index is 0. The number of carbonyl (C=O) groups excluding carboxylic acids is 2. The van der Waals surface area contributed by atoms with Gasteiger partial charge in [0.15, 0.2) is 18.1 Å². The predicted molar refractivity (Wildman–Crippen MR) is 112 cm³/mol. The second-order valence-corrected chi connectivity index (χ2v) is 7.77. The van der Waals surface area contributed by atoms with Crippen LogP contribution in [0, 0.1) is 13.8 Å². The van der Waals surface area contributed by atoms with Crippen molar-refractivity contribution in [3.63, 3.8) is 0 Å². The Labute approximate surface area is 194 Å². The molecule has 0 atom stereocenters. The highest BCUT2D eigenvalue weighted by Gasteiger charge is 2.38. The molecule has 0 saturated heterocycles. The third-order valence-corrected chi connectivity index (χ3v) is 5.14. The molecule has 0 bridgehead atoms. The van der Waals surface area contributed by atoms with Gasteiger partial charge in [0, 0.05) is 32.4 Å². The smallest absolute Gasteiger partial charge is 0.286 e. The van der Waals surface area contributed by atoms with Gasteiger partial charge in [0.25, 0.3) is 11.5 Å². The zero-order valence-electron chi connectivity index (χ0n) is 15.9. The lowest BCUT2D eigenvalue weighted by Crippen LogP contribution is -3.00. The molecule has 1 aliphatic rings. The highest BCUT2D eigenvalue weighted by atomic mass is 127. The van der Waals surface area contributed by atoms with Crippen LogP contribution in [-0.4, -0.2) is 11.6 Å². The van der Waals surface area contributed by atoms with Crippen molar-refractivity contribution in [1.29, 1.82) is 0 Å². The Balaban J connectivity index is 0.00000240. The molecule has 1 aromatic heterocycles. The fourth-order valence-corrected chi connectivity index (χ4v) is 3.71. The van der Waals surface area contributed by atoms with Crippen LogP contribution in [0.25, 0.3) is 5.70 Å². The van der Waals surface area contributed by atoms with Crippen molar-refractivity contribution in [2.24, 2.45) is 0 Å². The van der Waals surface area contributed by atoms with Gasteiger partial charge in [-0.3, -0.25) is 9.59 Å². The van der Waals surface area contributed by atoms with E-state index in [-0.39, 0.29) is 41.2 Å². The summed E-state index contributed by atoms with van der Waals surface area (Å²) < 4.78 is 2.69. The Morgan fingerprint density at radius 3 is 1.97 bits per heavy atom. The highest BCUT2D eigenvalue weighted by Crippen LogP contribution is 2.28. The number of rotatable bonds is 3. The topological polar surface area (TPSA) is 50.1 Å². The maximum atomic E-state index is 13.4. The molecule has 4 rings (SSSR count). The summed E-state index contributed by atoms with van der Waals surface area (Å²) in [5, 5.41) is 3.18. The molecule has 4 nitrogen and oxygen atoms in total. The van der Waals surface area contributed by atoms with E-state index in [1.54, 1.807) is 28.8 Å². The van der Waals surface area contributed by atoms with Crippen LogP contribution in [0.15, 0.2) is 77.2 Å². The number of halogens is 2. The minimum Gasteiger partial charge on any atom is -1.00 e. The molecule has 0 saturated carbocycles. The number of nitrogens with zero attached hydrogens (tertiary/aromatic N) is 1. The number of carbonyl (C=O) groups is 2. The zero-order valence-corrected chi connectivity index (χ0v) is 19.6. The van der Waals surface area contributed by atoms with Crippen LogP contribution in [0.3, 0.4) is 0 Å². The first-order valence-electron chi connectivity index (χ1n) is 8.89. The van der Waals surface area contributed by atoms with Crippen molar-refractivity contribution in [2.45, 2.75) is 13.8 Å². The molecule has 0 radical (unpaired) electrons. The monoisotopic (exact) mass is 560 g/mol. The van der Waals surface area contributed by atoms with Gasteiger partial charge in [0.1, 0.15) is 0 Å². The molecule has 0 aliphatic heterocycles. The van der Waals surface area contributed by atoms with E-state index in [2.05, 4.69) is 21.2 Å². The summed E-state index contributed by atoms with van der Waals surface area (Å²) in [6.07, 6.45) is 3.73. The summed E-state index contributed by atoms with van der Waals surface area (Å²) in [4.78, 5) is 26.7. The van der Waals surface area contributed by atoms with Gasteiger partial charge >= 0.3 is 0 Å². The van der Waals surface area contributed by atoms with E-state index in [9.17, 15) is 9.59 Å². The van der Waals surface area contributed by atoms with Crippen LogP contribution in [0.4, 0.5) is 5.69 Å². The van der Waals surface area contributed by atoms with E-state index < -0.39 is 0 Å². The molecule has 1 heterocycles. The highest BCUT2D eigenvalue weighted by molar-refractivity contribution is 9.10. The number of hydrogen-bond donors (Lipinski definition) is 1. The van der Waals surface area contributed by atoms with E-state index in [1.807, 2.05) is 56.6 Å². The van der Waals surface area contributed by atoms with E-state index in [0.29, 0.717) is 16.8 Å². The quantitative estimate of drug-likeness (QED) is 0.392. The predicted octanol–water partition coefficient (Wildman–Crippen LogP) is 1.72. The number of nitrogens with one attached hydrogen (secondary N) is 1. The molecule has 6 heteroatoms. The molecule has 0 amide bonds. The maximum absolute atomic E-state index is 13.4. The zero-order chi connectivity index (χ0) is 19.8. The first-order valence-corrected chi connectivity index (χ1v) is 9.68. The lowest BCUT2D eigenvalue weighted by Gasteiger charge is -2.18. The summed E-state index contributed by atoms with van der Waals surface area (Å²) in [5.74, 6) is -0.371. The maximum Gasteiger partial charge on any atom is 0.286 e. The molecule has 0 fully saturated rings. The van der Waals surface area contributed by atoms with Gasteiger partial charge < -0.3 is 29.3 Å². The first kappa shape index (κ1) is 21.4. The average molecular weight is 561 g/mol. The van der Waals surface area contributed by atoms with E-state index in [0.717, 1.165) is 21.3 Å². The van der Waals surface area contributed by atoms with Gasteiger partial charge in [0.2, 0.25) is 5.78 Å². The Morgan fingerprint density at radius 1 is 0.828 bits per heavy atom. The number of aryl methyl sites for hydroxylation is 2. The van der Waals surface area contributed by atoms with E-state index in [1.165, 1.54) is 0 Å². The fourth-order valence-electron chi connectivity index (χ4n) is 3.44. The van der Waals surface area contributed by atoms with Crippen molar-refractivity contribution in [2.75, 3.05) is 5.32 Å². The fraction of sp³-hybridized carbons (Fsp3) is 0.0870. The SMILES string of the molecule is Cc1cc(C)c[n+](C2=C(Nc3ccc(Br)cc3)C(=O)c3ccccc3C2=O)c1.[I-]. The van der Waals surface area contributed by atoms with Crippen molar-refractivity contribution < 1.29 is 38.1 Å². The summed E-state index contributed by atoms with van der Waals surface area (Å²) in [7, 11) is 0. The molecular formula is C23H18BrIN2O2. The van der Waals surface area contributed by atoms with E-state index >= 15 is 0 Å². The second-order valence-electron chi connectivity index (χ2n) is 6.86. The summed E-state index contributed by atoms with van der Waals surface area (Å²) in [6, 6.07) is 16.5. The Kier molecular flexibility index (Phi) is 6.33. The number of allylic oxidation sites excluding steroid dienone is 2. The molecule has 29 heavy (non-hydrogen) atoms. The van der Waals surface area contributed by atoms with Gasteiger partial charge in [-0.2, -0.15) is 4.57 Å². The third kappa shape index (κ3) is 4.18. The molecule has 2 aromatic carbocycles. The number of fused-ring (bicyclic) bond motifs is 1. The van der Waals surface area contributed by atoms with Gasteiger partial charge in [-0.1, -0.05) is 40.2 Å². The first-order chi connectivity index (χ1) is 13.4. The van der Waals surface area contributed by atoms with E-state index in [4.69, 9.17) is 0 Å². The average Bonchev–Trinajstić information content (AvgIpc) is 2.67. The number of anilines is 1. The number of Topliss-reactive ketones (excluding diaryl/α,β-unsaturated/α-hetero) is 2. The number of benzene rings is 2. The number of pyridine rings is 1. The van der Waals surface area contributed by atoms with Gasteiger partial charge in [-0.05, 0) is 44.2 Å². The van der Waals surface area contributed by atoms with Crippen LogP contribution in [-0.2, 0) is 0 Å². The molecule has 3 aromatic rings. The Morgan fingerprint density at radius 2 is 1.38 bits per heavy atom. The standard InChI is InChI=1S/C23H17BrN2O2.HI/c1-14-11-15(2)13-26(12-14)21-20(25-17-9-7-16(24)8-10-17)22(27)18-5-3-4-6-19(18)23(21)28;/h3-13H,1-2H3;1H. The summed E-state index contributed by atoms with van der Waals surface area (Å²) in [6.45, 7) is 3.93. The molecule has 146 valence electrons. The molecule has 1 aliphatic carbocycles. The largest absolute Gasteiger partial charge is 1.00 e. The normalized spacial score (nSPS) is 13.1.